The topological polar surface area (TPSA) is 75.7 Å². The van der Waals surface area contributed by atoms with E-state index in [1.165, 1.54) is 12.7 Å². The Morgan fingerprint density at radius 2 is 1.90 bits per heavy atom. The molecule has 0 aliphatic rings. The van der Waals surface area contributed by atoms with E-state index in [2.05, 4.69) is 17.4 Å². The maximum Gasteiger partial charge on any atom is 0.243 e. The van der Waals surface area contributed by atoms with Gasteiger partial charge in [-0.25, -0.2) is 8.42 Å². The molecule has 158 valence electrons. The van der Waals surface area contributed by atoms with Crippen molar-refractivity contribution in [3.8, 4) is 5.75 Å². The number of methoxy groups -OCH3 is 1. The van der Waals surface area contributed by atoms with Gasteiger partial charge in [-0.3, -0.25) is 9.10 Å². The molecule has 0 unspecified atom stereocenters. The molecule has 0 radical (unpaired) electrons. The second kappa shape index (κ2) is 10.5. The lowest BCUT2D eigenvalue weighted by atomic mass is 10.2. The van der Waals surface area contributed by atoms with Crippen LogP contribution in [0.15, 0.2) is 48.5 Å². The van der Waals surface area contributed by atoms with Gasteiger partial charge in [-0.1, -0.05) is 36.4 Å². The minimum atomic E-state index is -3.70. The Balaban J connectivity index is 2.01. The fourth-order valence-electron chi connectivity index (χ4n) is 2.91. The highest BCUT2D eigenvalue weighted by atomic mass is 32.2. The maximum absolute atomic E-state index is 12.7. The van der Waals surface area contributed by atoms with Gasteiger partial charge in [0.2, 0.25) is 15.9 Å². The van der Waals surface area contributed by atoms with Gasteiger partial charge in [-0.05, 0) is 37.1 Å². The van der Waals surface area contributed by atoms with Gasteiger partial charge in [0, 0.05) is 18.1 Å². The van der Waals surface area contributed by atoms with Crippen LogP contribution in [0.25, 0.3) is 0 Å². The molecule has 0 saturated heterocycles. The summed E-state index contributed by atoms with van der Waals surface area (Å²) in [6.07, 6.45) is 1.09. The smallest absolute Gasteiger partial charge is 0.243 e. The molecule has 0 fully saturated rings. The van der Waals surface area contributed by atoms with Gasteiger partial charge in [0.25, 0.3) is 0 Å². The quantitative estimate of drug-likeness (QED) is 0.579. The number of anilines is 1. The Labute approximate surface area is 177 Å². The highest BCUT2D eigenvalue weighted by molar-refractivity contribution is 7.98. The molecule has 6 nitrogen and oxygen atoms in total. The van der Waals surface area contributed by atoms with Gasteiger partial charge in [0.1, 0.15) is 11.8 Å². The zero-order valence-corrected chi connectivity index (χ0v) is 18.8. The first-order valence-electron chi connectivity index (χ1n) is 9.27. The molecule has 8 heteroatoms. The fourth-order valence-corrected chi connectivity index (χ4v) is 4.90. The van der Waals surface area contributed by atoms with E-state index >= 15 is 0 Å². The molecular weight excluding hydrogens is 408 g/mol. The molecule has 0 aliphatic heterocycles. The zero-order valence-electron chi connectivity index (χ0n) is 17.2. The van der Waals surface area contributed by atoms with Gasteiger partial charge in [0.15, 0.2) is 0 Å². The predicted molar refractivity (Wildman–Crippen MR) is 120 cm³/mol. The van der Waals surface area contributed by atoms with Crippen LogP contribution in [0.4, 0.5) is 5.69 Å². The van der Waals surface area contributed by atoms with Crippen LogP contribution in [0.2, 0.25) is 0 Å². The third kappa shape index (κ3) is 6.68. The van der Waals surface area contributed by atoms with Crippen molar-refractivity contribution in [3.63, 3.8) is 0 Å². The summed E-state index contributed by atoms with van der Waals surface area (Å²) in [5.74, 6) is 1.65. The van der Waals surface area contributed by atoms with Gasteiger partial charge < -0.3 is 10.1 Å². The summed E-state index contributed by atoms with van der Waals surface area (Å²) in [4.78, 5) is 12.7. The van der Waals surface area contributed by atoms with Crippen LogP contribution >= 0.6 is 11.8 Å². The van der Waals surface area contributed by atoms with E-state index in [0.717, 1.165) is 27.6 Å². The first-order valence-corrected chi connectivity index (χ1v) is 12.3. The van der Waals surface area contributed by atoms with Gasteiger partial charge in [0.05, 0.1) is 19.1 Å². The minimum Gasteiger partial charge on any atom is -0.495 e. The van der Waals surface area contributed by atoms with Crippen molar-refractivity contribution in [2.24, 2.45) is 0 Å². The number of thioether (sulfide) groups is 1. The number of hydrogen-bond donors (Lipinski definition) is 1. The Kier molecular flexibility index (Phi) is 8.40. The summed E-state index contributed by atoms with van der Waals surface area (Å²) >= 11 is 1.71. The van der Waals surface area contributed by atoms with Crippen LogP contribution in [0.5, 0.6) is 5.75 Å². The molecule has 0 spiro atoms. The molecule has 1 atom stereocenters. The molecule has 2 aromatic rings. The number of sulfonamides is 1. The van der Waals surface area contributed by atoms with Crippen molar-refractivity contribution in [2.75, 3.05) is 30.0 Å². The van der Waals surface area contributed by atoms with E-state index in [1.54, 1.807) is 30.8 Å². The second-order valence-corrected chi connectivity index (χ2v) is 9.70. The van der Waals surface area contributed by atoms with E-state index in [-0.39, 0.29) is 5.91 Å². The maximum atomic E-state index is 12.7. The number of benzene rings is 2. The average molecular weight is 437 g/mol. The summed E-state index contributed by atoms with van der Waals surface area (Å²) in [5, 5.41) is 2.84. The normalized spacial score (nSPS) is 12.3. The Hall–Kier alpha value is -2.19. The molecule has 0 aromatic heterocycles. The van der Waals surface area contributed by atoms with Crippen LogP contribution in [0, 0.1) is 6.92 Å². The molecule has 0 aliphatic carbocycles. The molecule has 0 saturated carbocycles. The molecule has 2 aromatic carbocycles. The lowest BCUT2D eigenvalue weighted by Gasteiger charge is -2.29. The van der Waals surface area contributed by atoms with Crippen molar-refractivity contribution in [1.82, 2.24) is 5.32 Å². The lowest BCUT2D eigenvalue weighted by Crippen LogP contribution is -2.48. The molecule has 29 heavy (non-hydrogen) atoms. The number of nitrogens with one attached hydrogen (secondary N) is 1. The minimum absolute atomic E-state index is 0.348. The first kappa shape index (κ1) is 23.1. The summed E-state index contributed by atoms with van der Waals surface area (Å²) in [7, 11) is -2.22. The molecular formula is C21H28N2O4S2. The van der Waals surface area contributed by atoms with Crippen LogP contribution in [-0.2, 0) is 20.6 Å². The number of amides is 1. The number of hydrogen-bond acceptors (Lipinski definition) is 5. The van der Waals surface area contributed by atoms with Gasteiger partial charge in [-0.15, -0.1) is 0 Å². The zero-order chi connectivity index (χ0) is 21.4. The van der Waals surface area contributed by atoms with Gasteiger partial charge in [-0.2, -0.15) is 11.8 Å². The largest absolute Gasteiger partial charge is 0.495 e. The third-order valence-corrected chi connectivity index (χ3v) is 6.58. The number of aryl methyl sites for hydroxylation is 1. The number of rotatable bonds is 10. The first-order chi connectivity index (χ1) is 13.7. The van der Waals surface area contributed by atoms with E-state index in [1.807, 2.05) is 31.2 Å². The van der Waals surface area contributed by atoms with Crippen molar-refractivity contribution in [1.29, 1.82) is 0 Å². The number of carbonyl (C=O) groups is 1. The highest BCUT2D eigenvalue weighted by Gasteiger charge is 2.31. The number of carbonyl (C=O) groups excluding carboxylic acids is 1. The number of ether oxygens (including phenoxy) is 1. The lowest BCUT2D eigenvalue weighted by molar-refractivity contribution is -0.121. The van der Waals surface area contributed by atoms with Crippen LogP contribution in [-0.4, -0.2) is 46.0 Å². The number of nitrogens with zero attached hydrogens (tertiary/aromatic N) is 1. The van der Waals surface area contributed by atoms with Crippen LogP contribution in [0.3, 0.4) is 0 Å². The van der Waals surface area contributed by atoms with E-state index in [0.29, 0.717) is 18.0 Å². The third-order valence-electron chi connectivity index (χ3n) is 4.32. The molecule has 0 heterocycles. The van der Waals surface area contributed by atoms with Crippen LogP contribution in [0.1, 0.15) is 18.1 Å². The SMILES string of the molecule is COc1ccc(C)cc1N([C@H](C)C(=O)NCCSCc1ccccc1)S(C)(=O)=O. The summed E-state index contributed by atoms with van der Waals surface area (Å²) in [6, 6.07) is 14.4. The second-order valence-electron chi connectivity index (χ2n) is 6.74. The average Bonchev–Trinajstić information content (AvgIpc) is 2.67. The molecule has 1 amide bonds. The Morgan fingerprint density at radius 1 is 1.21 bits per heavy atom. The Morgan fingerprint density at radius 3 is 2.52 bits per heavy atom. The fraction of sp³-hybridized carbons (Fsp3) is 0.381. The van der Waals surface area contributed by atoms with E-state index in [9.17, 15) is 13.2 Å². The summed E-state index contributed by atoms with van der Waals surface area (Å²) in [5.41, 5.74) is 2.46. The van der Waals surface area contributed by atoms with Crippen LogP contribution < -0.4 is 14.4 Å². The summed E-state index contributed by atoms with van der Waals surface area (Å²) < 4.78 is 31.4. The highest BCUT2D eigenvalue weighted by Crippen LogP contribution is 2.32. The van der Waals surface area contributed by atoms with E-state index in [4.69, 9.17) is 4.74 Å². The van der Waals surface area contributed by atoms with Crippen molar-refractivity contribution < 1.29 is 17.9 Å². The van der Waals surface area contributed by atoms with Crippen molar-refractivity contribution in [3.05, 3.63) is 59.7 Å². The van der Waals surface area contributed by atoms with Crippen molar-refractivity contribution in [2.45, 2.75) is 25.6 Å². The molecule has 2 rings (SSSR count). The molecule has 0 bridgehead atoms. The predicted octanol–water partition coefficient (Wildman–Crippen LogP) is 3.21. The Bertz CT molecular complexity index is 918. The van der Waals surface area contributed by atoms with Gasteiger partial charge >= 0.3 is 0 Å². The standard InChI is InChI=1S/C21H28N2O4S2/c1-16-10-11-20(27-3)19(14-16)23(29(4,25)26)17(2)21(24)22-12-13-28-15-18-8-6-5-7-9-18/h5-11,14,17H,12-13,15H2,1-4H3,(H,22,24)/t17-/m1/s1. The summed E-state index contributed by atoms with van der Waals surface area (Å²) in [6.45, 7) is 3.90. The van der Waals surface area contributed by atoms with E-state index < -0.39 is 16.1 Å². The monoisotopic (exact) mass is 436 g/mol. The molecule has 1 N–H and O–H groups in total. The van der Waals surface area contributed by atoms with Crippen molar-refractivity contribution >= 4 is 33.4 Å².